The van der Waals surface area contributed by atoms with Crippen LogP contribution in [0.5, 0.6) is 0 Å². The number of aryl methyl sites for hydroxylation is 3. The van der Waals surface area contributed by atoms with Crippen LogP contribution >= 0.6 is 0 Å². The van der Waals surface area contributed by atoms with Crippen molar-refractivity contribution in [3.8, 4) is 0 Å². The summed E-state index contributed by atoms with van der Waals surface area (Å²) in [4.78, 5) is 26.4. The summed E-state index contributed by atoms with van der Waals surface area (Å²) >= 11 is 0. The molecule has 0 spiro atoms. The summed E-state index contributed by atoms with van der Waals surface area (Å²) in [6.45, 7) is 9.48. The summed E-state index contributed by atoms with van der Waals surface area (Å²) in [5.74, 6) is -0.178. The van der Waals surface area contributed by atoms with Crippen LogP contribution in [-0.4, -0.2) is 43.0 Å². The number of anilines is 1. The monoisotopic (exact) mass is 332 g/mol. The predicted molar refractivity (Wildman–Crippen MR) is 95.1 cm³/mol. The molecule has 1 aromatic rings. The Hall–Kier alpha value is -1.88. The molecule has 0 aromatic heterocycles. The zero-order chi connectivity index (χ0) is 17.9. The van der Waals surface area contributed by atoms with Gasteiger partial charge in [0.1, 0.15) is 0 Å². The van der Waals surface area contributed by atoms with Crippen LogP contribution in [0.25, 0.3) is 0 Å². The molecule has 1 fully saturated rings. The molecule has 1 heterocycles. The highest BCUT2D eigenvalue weighted by Gasteiger charge is 2.30. The fourth-order valence-electron chi connectivity index (χ4n) is 3.46. The van der Waals surface area contributed by atoms with Gasteiger partial charge in [0.2, 0.25) is 5.91 Å². The van der Waals surface area contributed by atoms with Gasteiger partial charge in [-0.1, -0.05) is 17.7 Å². The number of piperidine rings is 1. The van der Waals surface area contributed by atoms with Gasteiger partial charge in [-0.25, -0.2) is 0 Å². The number of hydrogen-bond donors (Lipinski definition) is 1. The Morgan fingerprint density at radius 2 is 1.71 bits per heavy atom. The van der Waals surface area contributed by atoms with Gasteiger partial charge < -0.3 is 10.1 Å². The van der Waals surface area contributed by atoms with Crippen LogP contribution in [0, 0.1) is 26.7 Å². The largest absolute Gasteiger partial charge is 0.469 e. The van der Waals surface area contributed by atoms with Crippen LogP contribution in [-0.2, 0) is 14.3 Å². The smallest absolute Gasteiger partial charge is 0.308 e. The van der Waals surface area contributed by atoms with Crippen molar-refractivity contribution in [1.82, 2.24) is 4.90 Å². The molecule has 1 saturated heterocycles. The lowest BCUT2D eigenvalue weighted by Gasteiger charge is -2.34. The third kappa shape index (κ3) is 4.15. The van der Waals surface area contributed by atoms with Crippen molar-refractivity contribution in [2.24, 2.45) is 5.92 Å². The maximum Gasteiger partial charge on any atom is 0.308 e. The second-order valence-electron chi connectivity index (χ2n) is 6.77. The molecule has 0 unspecified atom stereocenters. The second-order valence-corrected chi connectivity index (χ2v) is 6.77. The van der Waals surface area contributed by atoms with Crippen LogP contribution in [0.4, 0.5) is 5.69 Å². The predicted octanol–water partition coefficient (Wildman–Crippen LogP) is 2.82. The first-order valence-electron chi connectivity index (χ1n) is 8.54. The molecule has 0 saturated carbocycles. The minimum atomic E-state index is -0.219. The fraction of sp³-hybridized carbons (Fsp3) is 0.579. The van der Waals surface area contributed by atoms with Crippen LogP contribution < -0.4 is 5.32 Å². The average Bonchev–Trinajstić information content (AvgIpc) is 2.56. The molecule has 24 heavy (non-hydrogen) atoms. The van der Waals surface area contributed by atoms with E-state index in [0.29, 0.717) is 0 Å². The van der Waals surface area contributed by atoms with E-state index in [1.165, 1.54) is 12.7 Å². The molecule has 1 N–H and O–H groups in total. The third-order valence-corrected chi connectivity index (χ3v) is 4.92. The highest BCUT2D eigenvalue weighted by Crippen LogP contribution is 2.24. The average molecular weight is 332 g/mol. The van der Waals surface area contributed by atoms with Gasteiger partial charge in [-0.15, -0.1) is 0 Å². The number of nitrogens with one attached hydrogen (secondary N) is 1. The number of hydrogen-bond acceptors (Lipinski definition) is 4. The van der Waals surface area contributed by atoms with Gasteiger partial charge in [-0.05, 0) is 64.8 Å². The molecule has 1 aliphatic rings. The highest BCUT2D eigenvalue weighted by molar-refractivity contribution is 5.96. The summed E-state index contributed by atoms with van der Waals surface area (Å²) in [6, 6.07) is 3.94. The molecule has 1 amide bonds. The van der Waals surface area contributed by atoms with Gasteiger partial charge in [0.05, 0.1) is 19.1 Å². The zero-order valence-corrected chi connectivity index (χ0v) is 15.3. The summed E-state index contributed by atoms with van der Waals surface area (Å²) in [5, 5.41) is 3.08. The molecule has 1 aliphatic heterocycles. The van der Waals surface area contributed by atoms with Gasteiger partial charge in [0.25, 0.3) is 0 Å². The molecule has 2 rings (SSSR count). The van der Waals surface area contributed by atoms with Gasteiger partial charge in [0.15, 0.2) is 0 Å². The number of rotatable bonds is 4. The van der Waals surface area contributed by atoms with Crippen molar-refractivity contribution in [1.29, 1.82) is 0 Å². The van der Waals surface area contributed by atoms with E-state index >= 15 is 0 Å². The molecule has 1 aromatic carbocycles. The first kappa shape index (κ1) is 18.5. The Bertz CT molecular complexity index is 596. The Morgan fingerprint density at radius 3 is 2.21 bits per heavy atom. The number of carbonyl (C=O) groups excluding carboxylic acids is 2. The summed E-state index contributed by atoms with van der Waals surface area (Å²) in [5.41, 5.74) is 4.26. The normalized spacial score (nSPS) is 17.4. The van der Waals surface area contributed by atoms with E-state index in [0.717, 1.165) is 42.7 Å². The Balaban J connectivity index is 1.97. The maximum absolute atomic E-state index is 12.6. The lowest BCUT2D eigenvalue weighted by atomic mass is 9.96. The molecule has 132 valence electrons. The summed E-state index contributed by atoms with van der Waals surface area (Å²) in [6.07, 6.45) is 1.49. The number of benzene rings is 1. The number of ether oxygens (including phenoxy) is 1. The second kappa shape index (κ2) is 7.79. The van der Waals surface area contributed by atoms with E-state index in [1.54, 1.807) is 0 Å². The number of likely N-dealkylation sites (tertiary alicyclic amines) is 1. The summed E-state index contributed by atoms with van der Waals surface area (Å²) in [7, 11) is 1.43. The van der Waals surface area contributed by atoms with E-state index in [-0.39, 0.29) is 23.8 Å². The number of carbonyl (C=O) groups is 2. The first-order valence-corrected chi connectivity index (χ1v) is 8.54. The standard InChI is InChI=1S/C19H28N2O3/c1-12-10-13(2)17(14(3)11-12)20-18(22)15(4)21-8-6-16(7-9-21)19(23)24-5/h10-11,15-16H,6-9H2,1-5H3,(H,20,22)/t15-/m0/s1. The quantitative estimate of drug-likeness (QED) is 0.862. The molecular formula is C19H28N2O3. The molecular weight excluding hydrogens is 304 g/mol. The fourth-order valence-corrected chi connectivity index (χ4v) is 3.46. The van der Waals surface area contributed by atoms with Crippen molar-refractivity contribution >= 4 is 17.6 Å². The third-order valence-electron chi connectivity index (χ3n) is 4.92. The van der Waals surface area contributed by atoms with E-state index < -0.39 is 0 Å². The van der Waals surface area contributed by atoms with Crippen molar-refractivity contribution in [2.45, 2.75) is 46.6 Å². The Labute approximate surface area is 144 Å². The van der Waals surface area contributed by atoms with Crippen molar-refractivity contribution in [2.75, 3.05) is 25.5 Å². The molecule has 1 atom stereocenters. The SMILES string of the molecule is COC(=O)C1CCN([C@@H](C)C(=O)Nc2c(C)cc(C)cc2C)CC1. The Morgan fingerprint density at radius 1 is 1.17 bits per heavy atom. The van der Waals surface area contributed by atoms with Crippen LogP contribution in [0.3, 0.4) is 0 Å². The maximum atomic E-state index is 12.6. The minimum absolute atomic E-state index is 0.00145. The van der Waals surface area contributed by atoms with Gasteiger partial charge in [-0.2, -0.15) is 0 Å². The number of esters is 1. The van der Waals surface area contributed by atoms with Crippen LogP contribution in [0.15, 0.2) is 12.1 Å². The topological polar surface area (TPSA) is 58.6 Å². The van der Waals surface area contributed by atoms with Gasteiger partial charge in [0, 0.05) is 5.69 Å². The van der Waals surface area contributed by atoms with Gasteiger partial charge >= 0.3 is 5.97 Å². The molecule has 0 radical (unpaired) electrons. The van der Waals surface area contributed by atoms with Crippen molar-refractivity contribution in [3.63, 3.8) is 0 Å². The highest BCUT2D eigenvalue weighted by atomic mass is 16.5. The lowest BCUT2D eigenvalue weighted by molar-refractivity contribution is -0.147. The number of nitrogens with zero attached hydrogens (tertiary/aromatic N) is 1. The number of amides is 1. The number of methoxy groups -OCH3 is 1. The van der Waals surface area contributed by atoms with Gasteiger partial charge in [-0.3, -0.25) is 14.5 Å². The Kier molecular flexibility index (Phi) is 5.99. The van der Waals surface area contributed by atoms with E-state index in [4.69, 9.17) is 4.74 Å². The summed E-state index contributed by atoms with van der Waals surface area (Å²) < 4.78 is 4.81. The molecule has 0 bridgehead atoms. The molecule has 0 aliphatic carbocycles. The lowest BCUT2D eigenvalue weighted by Crippen LogP contribution is -2.47. The molecule has 5 nitrogen and oxygen atoms in total. The van der Waals surface area contributed by atoms with E-state index in [2.05, 4.69) is 29.3 Å². The van der Waals surface area contributed by atoms with E-state index in [9.17, 15) is 9.59 Å². The van der Waals surface area contributed by atoms with E-state index in [1.807, 2.05) is 20.8 Å². The van der Waals surface area contributed by atoms with Crippen molar-refractivity contribution in [3.05, 3.63) is 28.8 Å². The first-order chi connectivity index (χ1) is 11.3. The zero-order valence-electron chi connectivity index (χ0n) is 15.3. The molecule has 5 heteroatoms. The van der Waals surface area contributed by atoms with Crippen LogP contribution in [0.1, 0.15) is 36.5 Å². The van der Waals surface area contributed by atoms with Crippen molar-refractivity contribution < 1.29 is 14.3 Å². The van der Waals surface area contributed by atoms with Crippen LogP contribution in [0.2, 0.25) is 0 Å². The minimum Gasteiger partial charge on any atom is -0.469 e.